The van der Waals surface area contributed by atoms with Crippen LogP contribution in [0.4, 0.5) is 0 Å². The number of nitrogens with zero attached hydrogens (tertiary/aromatic N) is 1. The lowest BCUT2D eigenvalue weighted by Crippen LogP contribution is -2.14. The molecular formula is C12H10N2O2. The van der Waals surface area contributed by atoms with Crippen molar-refractivity contribution in [1.29, 1.82) is 0 Å². The predicted molar refractivity (Wildman–Crippen MR) is 59.4 cm³/mol. The highest BCUT2D eigenvalue weighted by molar-refractivity contribution is 5.72. The van der Waals surface area contributed by atoms with E-state index in [0.29, 0.717) is 0 Å². The summed E-state index contributed by atoms with van der Waals surface area (Å²) in [6.07, 6.45) is 1.64. The van der Waals surface area contributed by atoms with Crippen LogP contribution in [0.1, 0.15) is 11.3 Å². The van der Waals surface area contributed by atoms with Crippen molar-refractivity contribution in [2.24, 2.45) is 0 Å². The fraction of sp³-hybridized carbons (Fsp3) is 0.167. The minimum absolute atomic E-state index is 0.195. The van der Waals surface area contributed by atoms with Crippen molar-refractivity contribution < 1.29 is 5.11 Å². The molecule has 1 aliphatic rings. The maximum Gasteiger partial charge on any atom is 0.264 e. The molecular weight excluding hydrogens is 204 g/mol. The number of nitrogens with one attached hydrogen (secondary N) is 1. The van der Waals surface area contributed by atoms with E-state index >= 15 is 0 Å². The van der Waals surface area contributed by atoms with Gasteiger partial charge in [0.15, 0.2) is 0 Å². The first-order valence-electron chi connectivity index (χ1n) is 5.15. The second-order valence-electron chi connectivity index (χ2n) is 3.93. The normalized spacial score (nSPS) is 13.0. The molecule has 16 heavy (non-hydrogen) atoms. The van der Waals surface area contributed by atoms with Crippen molar-refractivity contribution in [1.82, 2.24) is 10.2 Å². The first kappa shape index (κ1) is 9.15. The van der Waals surface area contributed by atoms with Crippen molar-refractivity contribution in [2.45, 2.75) is 12.8 Å². The zero-order valence-electron chi connectivity index (χ0n) is 8.53. The summed E-state index contributed by atoms with van der Waals surface area (Å²) >= 11 is 0. The number of benzene rings is 1. The molecule has 0 spiro atoms. The molecule has 4 nitrogen and oxygen atoms in total. The van der Waals surface area contributed by atoms with Gasteiger partial charge >= 0.3 is 0 Å². The molecule has 4 heteroatoms. The molecule has 3 rings (SSSR count). The Balaban J connectivity index is 2.29. The molecule has 2 N–H and O–H groups in total. The molecule has 0 radical (unpaired) electrons. The molecule has 0 amide bonds. The van der Waals surface area contributed by atoms with Crippen LogP contribution in [-0.4, -0.2) is 15.3 Å². The fourth-order valence-electron chi connectivity index (χ4n) is 2.16. The number of hydrogen-bond donors (Lipinski definition) is 2. The minimum Gasteiger partial charge on any atom is -0.508 e. The molecule has 1 aromatic carbocycles. The van der Waals surface area contributed by atoms with Crippen LogP contribution in [0.5, 0.6) is 5.75 Å². The highest BCUT2D eigenvalue weighted by atomic mass is 16.3. The maximum absolute atomic E-state index is 11.3. The number of aryl methyl sites for hydroxylation is 2. The van der Waals surface area contributed by atoms with E-state index in [9.17, 15) is 9.90 Å². The van der Waals surface area contributed by atoms with E-state index in [2.05, 4.69) is 10.2 Å². The third kappa shape index (κ3) is 1.31. The number of H-pyrrole nitrogens is 1. The van der Waals surface area contributed by atoms with Crippen molar-refractivity contribution in [2.75, 3.05) is 0 Å². The average Bonchev–Trinajstić information content (AvgIpc) is 2.28. The standard InChI is InChI=1S/C12H10N2O2/c15-8-2-3-9-7(5-8)1-4-11-10(9)6-12(16)14-13-11/h2-3,5-6,15H,1,4H2,(H,14,16). The molecule has 0 atom stereocenters. The highest BCUT2D eigenvalue weighted by Crippen LogP contribution is 2.32. The van der Waals surface area contributed by atoms with Crippen LogP contribution in [0, 0.1) is 0 Å². The van der Waals surface area contributed by atoms with Gasteiger partial charge in [0.05, 0.1) is 5.69 Å². The van der Waals surface area contributed by atoms with Gasteiger partial charge in [-0.25, -0.2) is 5.10 Å². The summed E-state index contributed by atoms with van der Waals surface area (Å²) in [5.74, 6) is 0.264. The van der Waals surface area contributed by atoms with Crippen LogP contribution >= 0.6 is 0 Å². The lowest BCUT2D eigenvalue weighted by molar-refractivity contribution is 0.474. The Morgan fingerprint density at radius 2 is 2.06 bits per heavy atom. The van der Waals surface area contributed by atoms with Gasteiger partial charge in [0.2, 0.25) is 0 Å². The Morgan fingerprint density at radius 1 is 1.19 bits per heavy atom. The number of phenols is 1. The van der Waals surface area contributed by atoms with Gasteiger partial charge in [-0.2, -0.15) is 5.10 Å². The third-order valence-electron chi connectivity index (χ3n) is 2.90. The lowest BCUT2D eigenvalue weighted by Gasteiger charge is -2.17. The number of aromatic amines is 1. The van der Waals surface area contributed by atoms with Gasteiger partial charge in [0.25, 0.3) is 5.56 Å². The van der Waals surface area contributed by atoms with E-state index < -0.39 is 0 Å². The Morgan fingerprint density at radius 3 is 2.94 bits per heavy atom. The molecule has 1 heterocycles. The van der Waals surface area contributed by atoms with Crippen LogP contribution < -0.4 is 5.56 Å². The number of fused-ring (bicyclic) bond motifs is 3. The topological polar surface area (TPSA) is 66.0 Å². The van der Waals surface area contributed by atoms with E-state index in [-0.39, 0.29) is 11.3 Å². The Labute approximate surface area is 91.6 Å². The monoisotopic (exact) mass is 214 g/mol. The van der Waals surface area contributed by atoms with E-state index in [0.717, 1.165) is 35.2 Å². The molecule has 0 bridgehead atoms. The second-order valence-corrected chi connectivity index (χ2v) is 3.93. The summed E-state index contributed by atoms with van der Waals surface area (Å²) < 4.78 is 0. The molecule has 1 aromatic heterocycles. The summed E-state index contributed by atoms with van der Waals surface area (Å²) in [5, 5.41) is 15.9. The summed E-state index contributed by atoms with van der Waals surface area (Å²) in [6.45, 7) is 0. The Bertz CT molecular complexity index is 617. The number of rotatable bonds is 0. The molecule has 0 saturated heterocycles. The van der Waals surface area contributed by atoms with Gasteiger partial charge in [-0.15, -0.1) is 0 Å². The zero-order chi connectivity index (χ0) is 11.1. The second kappa shape index (κ2) is 3.20. The van der Waals surface area contributed by atoms with Crippen molar-refractivity contribution in [3.05, 3.63) is 45.9 Å². The Kier molecular flexibility index (Phi) is 1.83. The van der Waals surface area contributed by atoms with E-state index in [1.54, 1.807) is 18.2 Å². The lowest BCUT2D eigenvalue weighted by atomic mass is 9.89. The number of aromatic nitrogens is 2. The molecule has 1 aliphatic carbocycles. The molecule has 0 fully saturated rings. The van der Waals surface area contributed by atoms with Gasteiger partial charge in [0.1, 0.15) is 5.75 Å². The third-order valence-corrected chi connectivity index (χ3v) is 2.90. The number of phenolic OH excluding ortho intramolecular Hbond substituents is 1. The van der Waals surface area contributed by atoms with Crippen LogP contribution in [0.3, 0.4) is 0 Å². The molecule has 0 saturated carbocycles. The van der Waals surface area contributed by atoms with Gasteiger partial charge < -0.3 is 5.11 Å². The largest absolute Gasteiger partial charge is 0.508 e. The van der Waals surface area contributed by atoms with Crippen molar-refractivity contribution in [3.63, 3.8) is 0 Å². The molecule has 0 unspecified atom stereocenters. The SMILES string of the molecule is O=c1cc2c(n[nH]1)CCc1cc(O)ccc1-2. The number of aromatic hydroxyl groups is 1. The first-order valence-corrected chi connectivity index (χ1v) is 5.15. The molecule has 2 aromatic rings. The zero-order valence-corrected chi connectivity index (χ0v) is 8.53. The predicted octanol–water partition coefficient (Wildman–Crippen LogP) is 1.24. The van der Waals surface area contributed by atoms with Crippen molar-refractivity contribution in [3.8, 4) is 16.9 Å². The fourth-order valence-corrected chi connectivity index (χ4v) is 2.16. The van der Waals surface area contributed by atoms with Crippen LogP contribution in [0.25, 0.3) is 11.1 Å². The first-order chi connectivity index (χ1) is 7.74. The maximum atomic E-state index is 11.3. The van der Waals surface area contributed by atoms with E-state index in [1.165, 1.54) is 0 Å². The molecule has 0 aliphatic heterocycles. The minimum atomic E-state index is -0.195. The summed E-state index contributed by atoms with van der Waals surface area (Å²) in [5.41, 5.74) is 3.67. The number of hydrogen-bond acceptors (Lipinski definition) is 3. The van der Waals surface area contributed by atoms with E-state index in [4.69, 9.17) is 0 Å². The highest BCUT2D eigenvalue weighted by Gasteiger charge is 2.17. The molecule has 80 valence electrons. The Hall–Kier alpha value is -2.10. The quantitative estimate of drug-likeness (QED) is 0.693. The summed E-state index contributed by atoms with van der Waals surface area (Å²) in [7, 11) is 0. The average molecular weight is 214 g/mol. The van der Waals surface area contributed by atoms with E-state index in [1.807, 2.05) is 6.07 Å². The van der Waals surface area contributed by atoms with Crippen LogP contribution in [0.15, 0.2) is 29.1 Å². The summed E-state index contributed by atoms with van der Waals surface area (Å²) in [6, 6.07) is 6.79. The van der Waals surface area contributed by atoms with Crippen LogP contribution in [0.2, 0.25) is 0 Å². The smallest absolute Gasteiger partial charge is 0.264 e. The van der Waals surface area contributed by atoms with Crippen molar-refractivity contribution >= 4 is 0 Å². The van der Waals surface area contributed by atoms with Gasteiger partial charge in [-0.05, 0) is 36.1 Å². The van der Waals surface area contributed by atoms with Gasteiger partial charge in [-0.1, -0.05) is 6.07 Å². The summed E-state index contributed by atoms with van der Waals surface area (Å²) in [4.78, 5) is 11.3. The van der Waals surface area contributed by atoms with Crippen LogP contribution in [-0.2, 0) is 12.8 Å². The van der Waals surface area contributed by atoms with Gasteiger partial charge in [-0.3, -0.25) is 4.79 Å². The van der Waals surface area contributed by atoms with Gasteiger partial charge in [0, 0.05) is 11.6 Å².